The van der Waals surface area contributed by atoms with Gasteiger partial charge < -0.3 is 20.5 Å². The minimum Gasteiger partial charge on any atom is -0.493 e. The van der Waals surface area contributed by atoms with Crippen LogP contribution in [0.15, 0.2) is 53.5 Å². The first kappa shape index (κ1) is 23.3. The Morgan fingerprint density at radius 2 is 1.86 bits per heavy atom. The van der Waals surface area contributed by atoms with E-state index in [0.29, 0.717) is 30.0 Å². The van der Waals surface area contributed by atoms with Gasteiger partial charge in [0, 0.05) is 24.3 Å². The van der Waals surface area contributed by atoms with E-state index in [1.165, 1.54) is 18.4 Å². The van der Waals surface area contributed by atoms with E-state index in [0.717, 1.165) is 25.2 Å². The Morgan fingerprint density at radius 3 is 2.59 bits per heavy atom. The quantitative estimate of drug-likeness (QED) is 0.334. The molecule has 0 aromatic heterocycles. The van der Waals surface area contributed by atoms with Crippen LogP contribution in [0.2, 0.25) is 0 Å². The lowest BCUT2D eigenvalue weighted by atomic mass is 10.0. The van der Waals surface area contributed by atoms with Crippen molar-refractivity contribution in [1.82, 2.24) is 4.90 Å². The van der Waals surface area contributed by atoms with Crippen LogP contribution < -0.4 is 20.5 Å². The van der Waals surface area contributed by atoms with Gasteiger partial charge in [-0.3, -0.25) is 9.89 Å². The molecule has 0 spiro atoms. The highest BCUT2D eigenvalue weighted by molar-refractivity contribution is 14.0. The van der Waals surface area contributed by atoms with E-state index >= 15 is 0 Å². The number of methoxy groups -OCH3 is 2. The first-order valence-corrected chi connectivity index (χ1v) is 9.76. The van der Waals surface area contributed by atoms with Gasteiger partial charge in [-0.25, -0.2) is 0 Å². The lowest BCUT2D eigenvalue weighted by Gasteiger charge is -2.35. The summed E-state index contributed by atoms with van der Waals surface area (Å²) in [6.45, 7) is 2.76. The molecule has 1 fully saturated rings. The average molecular weight is 510 g/mol. The van der Waals surface area contributed by atoms with Crippen molar-refractivity contribution in [2.75, 3.05) is 32.6 Å². The third-order valence-corrected chi connectivity index (χ3v) is 5.11. The SMILES string of the molecule is COc1ccc(NC(N)=NCC2CCCCN2Cc2ccccc2)cc1OC.I. The number of rotatable bonds is 7. The summed E-state index contributed by atoms with van der Waals surface area (Å²) < 4.78 is 10.6. The van der Waals surface area contributed by atoms with E-state index in [-0.39, 0.29) is 24.0 Å². The number of hydrogen-bond donors (Lipinski definition) is 2. The highest BCUT2D eigenvalue weighted by Crippen LogP contribution is 2.29. The molecule has 2 aromatic rings. The maximum Gasteiger partial charge on any atom is 0.193 e. The largest absolute Gasteiger partial charge is 0.493 e. The van der Waals surface area contributed by atoms with Gasteiger partial charge in [-0.1, -0.05) is 36.8 Å². The van der Waals surface area contributed by atoms with Crippen LogP contribution in [0, 0.1) is 0 Å². The third-order valence-electron chi connectivity index (χ3n) is 5.11. The van der Waals surface area contributed by atoms with Crippen molar-refractivity contribution in [1.29, 1.82) is 0 Å². The number of aliphatic imine (C=N–C) groups is 1. The normalized spacial score (nSPS) is 17.3. The Kier molecular flexibility index (Phi) is 9.53. The number of benzene rings is 2. The number of ether oxygens (including phenoxy) is 2. The van der Waals surface area contributed by atoms with Gasteiger partial charge in [0.1, 0.15) is 0 Å². The number of nitrogens with two attached hydrogens (primary N) is 1. The Hall–Kier alpha value is -2.00. The van der Waals surface area contributed by atoms with Gasteiger partial charge in [0.25, 0.3) is 0 Å². The summed E-state index contributed by atoms with van der Waals surface area (Å²) in [5, 5.41) is 3.15. The van der Waals surface area contributed by atoms with Crippen molar-refractivity contribution < 1.29 is 9.47 Å². The molecule has 158 valence electrons. The summed E-state index contributed by atoms with van der Waals surface area (Å²) in [6.07, 6.45) is 3.64. The molecule has 1 saturated heterocycles. The molecule has 0 radical (unpaired) electrons. The van der Waals surface area contributed by atoms with Gasteiger partial charge in [0.15, 0.2) is 17.5 Å². The molecule has 1 heterocycles. The number of hydrogen-bond acceptors (Lipinski definition) is 4. The topological polar surface area (TPSA) is 72.1 Å². The maximum absolute atomic E-state index is 6.13. The van der Waals surface area contributed by atoms with E-state index < -0.39 is 0 Å². The highest BCUT2D eigenvalue weighted by Gasteiger charge is 2.22. The predicted molar refractivity (Wildman–Crippen MR) is 130 cm³/mol. The number of nitrogens with one attached hydrogen (secondary N) is 1. The van der Waals surface area contributed by atoms with Crippen LogP contribution in [0.25, 0.3) is 0 Å². The van der Waals surface area contributed by atoms with Crippen LogP contribution in [-0.2, 0) is 6.54 Å². The zero-order valence-electron chi connectivity index (χ0n) is 17.1. The molecular formula is C22H31IN4O2. The van der Waals surface area contributed by atoms with E-state index in [1.807, 2.05) is 18.2 Å². The molecule has 0 amide bonds. The molecule has 7 heteroatoms. The van der Waals surface area contributed by atoms with Crippen LogP contribution in [0.4, 0.5) is 5.69 Å². The summed E-state index contributed by atoms with van der Waals surface area (Å²) >= 11 is 0. The zero-order valence-corrected chi connectivity index (χ0v) is 19.5. The lowest BCUT2D eigenvalue weighted by molar-refractivity contribution is 0.145. The fourth-order valence-corrected chi connectivity index (χ4v) is 3.60. The molecule has 29 heavy (non-hydrogen) atoms. The minimum absolute atomic E-state index is 0. The lowest BCUT2D eigenvalue weighted by Crippen LogP contribution is -2.41. The average Bonchev–Trinajstić information content (AvgIpc) is 2.73. The van der Waals surface area contributed by atoms with Crippen LogP contribution in [-0.4, -0.2) is 44.2 Å². The molecule has 0 bridgehead atoms. The van der Waals surface area contributed by atoms with Gasteiger partial charge in [-0.05, 0) is 37.1 Å². The van der Waals surface area contributed by atoms with E-state index in [2.05, 4.69) is 45.5 Å². The maximum atomic E-state index is 6.13. The van der Waals surface area contributed by atoms with E-state index in [9.17, 15) is 0 Å². The Labute approximate surface area is 190 Å². The third kappa shape index (κ3) is 6.78. The molecule has 0 saturated carbocycles. The first-order chi connectivity index (χ1) is 13.7. The van der Waals surface area contributed by atoms with Crippen LogP contribution in [0.3, 0.4) is 0 Å². The van der Waals surface area contributed by atoms with Gasteiger partial charge in [-0.15, -0.1) is 24.0 Å². The highest BCUT2D eigenvalue weighted by atomic mass is 127. The second kappa shape index (κ2) is 11.9. The molecular weight excluding hydrogens is 479 g/mol. The number of likely N-dealkylation sites (tertiary alicyclic amines) is 1. The second-order valence-corrected chi connectivity index (χ2v) is 7.03. The van der Waals surface area contributed by atoms with Crippen molar-refractivity contribution >= 4 is 35.6 Å². The summed E-state index contributed by atoms with van der Waals surface area (Å²) in [4.78, 5) is 7.12. The minimum atomic E-state index is 0. The molecule has 1 unspecified atom stereocenters. The standard InChI is InChI=1S/C22H30N4O2.HI/c1-27-20-12-11-18(14-21(20)28-2)25-22(23)24-15-19-10-6-7-13-26(19)16-17-8-4-3-5-9-17;/h3-5,8-9,11-12,14,19H,6-7,10,13,15-16H2,1-2H3,(H3,23,24,25);1H. The smallest absolute Gasteiger partial charge is 0.193 e. The zero-order chi connectivity index (χ0) is 19.8. The summed E-state index contributed by atoms with van der Waals surface area (Å²) in [5.74, 6) is 1.75. The number of piperidine rings is 1. The molecule has 6 nitrogen and oxygen atoms in total. The van der Waals surface area contributed by atoms with Gasteiger partial charge in [0.2, 0.25) is 0 Å². The van der Waals surface area contributed by atoms with E-state index in [1.54, 1.807) is 14.2 Å². The van der Waals surface area contributed by atoms with Gasteiger partial charge in [0.05, 0.1) is 20.8 Å². The molecule has 0 aliphatic carbocycles. The Morgan fingerprint density at radius 1 is 1.10 bits per heavy atom. The molecule has 1 atom stereocenters. The van der Waals surface area contributed by atoms with Crippen LogP contribution in [0.5, 0.6) is 11.5 Å². The Bertz CT molecular complexity index is 786. The Balaban J connectivity index is 0.00000300. The van der Waals surface area contributed by atoms with Gasteiger partial charge >= 0.3 is 0 Å². The molecule has 3 rings (SSSR count). The number of guanidine groups is 1. The predicted octanol–water partition coefficient (Wildman–Crippen LogP) is 4.10. The van der Waals surface area contributed by atoms with Crippen molar-refractivity contribution in [3.63, 3.8) is 0 Å². The summed E-state index contributed by atoms with van der Waals surface area (Å²) in [6, 6.07) is 16.6. The van der Waals surface area contributed by atoms with Crippen molar-refractivity contribution in [3.05, 3.63) is 54.1 Å². The van der Waals surface area contributed by atoms with Gasteiger partial charge in [-0.2, -0.15) is 0 Å². The molecule has 2 aromatic carbocycles. The molecule has 1 aliphatic rings. The number of halogens is 1. The van der Waals surface area contributed by atoms with Crippen molar-refractivity contribution in [3.8, 4) is 11.5 Å². The molecule has 1 aliphatic heterocycles. The monoisotopic (exact) mass is 510 g/mol. The first-order valence-electron chi connectivity index (χ1n) is 9.76. The van der Waals surface area contributed by atoms with Crippen LogP contribution in [0.1, 0.15) is 24.8 Å². The van der Waals surface area contributed by atoms with E-state index in [4.69, 9.17) is 15.2 Å². The summed E-state index contributed by atoms with van der Waals surface area (Å²) in [7, 11) is 3.23. The van der Waals surface area contributed by atoms with Crippen molar-refractivity contribution in [2.24, 2.45) is 10.7 Å². The summed E-state index contributed by atoms with van der Waals surface area (Å²) in [5.41, 5.74) is 8.30. The van der Waals surface area contributed by atoms with Crippen LogP contribution >= 0.6 is 24.0 Å². The van der Waals surface area contributed by atoms with Crippen molar-refractivity contribution in [2.45, 2.75) is 31.8 Å². The number of anilines is 1. The second-order valence-electron chi connectivity index (χ2n) is 7.03. The number of nitrogens with zero attached hydrogens (tertiary/aromatic N) is 2. The molecule has 3 N–H and O–H groups in total. The fraction of sp³-hybridized carbons (Fsp3) is 0.409. The fourth-order valence-electron chi connectivity index (χ4n) is 3.60.